The van der Waals surface area contributed by atoms with Crippen molar-refractivity contribution in [2.24, 2.45) is 0 Å². The van der Waals surface area contributed by atoms with E-state index in [1.54, 1.807) is 6.07 Å². The van der Waals surface area contributed by atoms with Crippen LogP contribution in [0.25, 0.3) is 0 Å². The van der Waals surface area contributed by atoms with Crippen LogP contribution in [0, 0.1) is 11.3 Å². The lowest BCUT2D eigenvalue weighted by Gasteiger charge is -2.40. The van der Waals surface area contributed by atoms with Crippen molar-refractivity contribution in [1.29, 1.82) is 5.26 Å². The number of nitriles is 1. The van der Waals surface area contributed by atoms with Crippen molar-refractivity contribution in [3.63, 3.8) is 0 Å². The summed E-state index contributed by atoms with van der Waals surface area (Å²) in [5.74, 6) is 0. The van der Waals surface area contributed by atoms with Crippen LogP contribution in [0.1, 0.15) is 12.0 Å². The Bertz CT molecular complexity index is 521. The second-order valence-electron chi connectivity index (χ2n) is 5.03. The minimum atomic E-state index is -0.168. The Hall–Kier alpha value is -1.28. The maximum Gasteiger partial charge on any atom is 0.111 e. The third-order valence-corrected chi connectivity index (χ3v) is 4.07. The molecule has 1 aromatic carbocycles. The first kappa shape index (κ1) is 12.7. The predicted octanol–water partition coefficient (Wildman–Crippen LogP) is 2.21. The molecule has 0 radical (unpaired) electrons. The molecule has 0 N–H and O–H groups in total. The van der Waals surface area contributed by atoms with Gasteiger partial charge in [0.15, 0.2) is 0 Å². The first-order chi connectivity index (χ1) is 9.22. The van der Waals surface area contributed by atoms with Gasteiger partial charge in [0.1, 0.15) is 11.7 Å². The molecule has 2 aliphatic heterocycles. The molecule has 4 nitrogen and oxygen atoms in total. The molecule has 0 aliphatic carbocycles. The molecule has 0 aromatic heterocycles. The molecule has 100 valence electrons. The monoisotopic (exact) mass is 278 g/mol. The third kappa shape index (κ3) is 2.42. The smallest absolute Gasteiger partial charge is 0.111 e. The largest absolute Gasteiger partial charge is 0.378 e. The van der Waals surface area contributed by atoms with E-state index in [1.165, 1.54) is 0 Å². The molecular weight excluding hydrogens is 264 g/mol. The van der Waals surface area contributed by atoms with E-state index in [1.807, 2.05) is 12.1 Å². The minimum absolute atomic E-state index is 0.168. The molecule has 0 amide bonds. The molecule has 19 heavy (non-hydrogen) atoms. The van der Waals surface area contributed by atoms with Crippen molar-refractivity contribution in [2.45, 2.75) is 12.0 Å². The van der Waals surface area contributed by atoms with E-state index in [0.717, 1.165) is 31.8 Å². The number of morpholine rings is 1. The summed E-state index contributed by atoms with van der Waals surface area (Å²) in [6, 6.07) is 7.65. The summed E-state index contributed by atoms with van der Waals surface area (Å²) >= 11 is 6.09. The van der Waals surface area contributed by atoms with Gasteiger partial charge in [0.25, 0.3) is 0 Å². The van der Waals surface area contributed by atoms with Gasteiger partial charge in [-0.15, -0.1) is 0 Å². The number of nitrogens with zero attached hydrogens (tertiary/aromatic N) is 2. The fourth-order valence-electron chi connectivity index (χ4n) is 2.68. The Morgan fingerprint density at radius 1 is 1.37 bits per heavy atom. The van der Waals surface area contributed by atoms with Crippen LogP contribution in [0.5, 0.6) is 0 Å². The van der Waals surface area contributed by atoms with E-state index in [9.17, 15) is 0 Å². The third-order valence-electron chi connectivity index (χ3n) is 3.75. The van der Waals surface area contributed by atoms with Gasteiger partial charge in [-0.25, -0.2) is 0 Å². The number of hydrogen-bond donors (Lipinski definition) is 0. The van der Waals surface area contributed by atoms with Crippen molar-refractivity contribution in [3.8, 4) is 6.07 Å². The normalized spacial score (nSPS) is 26.6. The van der Waals surface area contributed by atoms with Gasteiger partial charge in [-0.2, -0.15) is 5.26 Å². The van der Waals surface area contributed by atoms with Crippen LogP contribution in [-0.2, 0) is 9.47 Å². The zero-order chi connectivity index (χ0) is 13.3. The lowest BCUT2D eigenvalue weighted by Crippen LogP contribution is -2.52. The summed E-state index contributed by atoms with van der Waals surface area (Å²) in [5.41, 5.74) is 1.38. The number of rotatable bonds is 1. The highest BCUT2D eigenvalue weighted by atomic mass is 35.5. The number of anilines is 1. The van der Waals surface area contributed by atoms with E-state index >= 15 is 0 Å². The summed E-state index contributed by atoms with van der Waals surface area (Å²) < 4.78 is 11.4. The van der Waals surface area contributed by atoms with Crippen LogP contribution < -0.4 is 4.90 Å². The van der Waals surface area contributed by atoms with Crippen molar-refractivity contribution < 1.29 is 9.47 Å². The Morgan fingerprint density at radius 2 is 2.26 bits per heavy atom. The molecule has 1 aromatic rings. The molecule has 2 fully saturated rings. The van der Waals surface area contributed by atoms with E-state index < -0.39 is 0 Å². The van der Waals surface area contributed by atoms with Crippen LogP contribution in [0.4, 0.5) is 5.69 Å². The molecule has 1 atom stereocenters. The van der Waals surface area contributed by atoms with Gasteiger partial charge in [-0.3, -0.25) is 0 Å². The Kier molecular flexibility index (Phi) is 3.36. The minimum Gasteiger partial charge on any atom is -0.378 e. The first-order valence-electron chi connectivity index (χ1n) is 6.39. The van der Waals surface area contributed by atoms with E-state index in [2.05, 4.69) is 11.0 Å². The molecule has 1 spiro atoms. The van der Waals surface area contributed by atoms with Gasteiger partial charge in [-0.05, 0) is 18.2 Å². The summed E-state index contributed by atoms with van der Waals surface area (Å²) in [4.78, 5) is 2.26. The highest BCUT2D eigenvalue weighted by Gasteiger charge is 2.40. The second-order valence-corrected chi connectivity index (χ2v) is 5.44. The second kappa shape index (κ2) is 5.01. The van der Waals surface area contributed by atoms with Gasteiger partial charge >= 0.3 is 0 Å². The molecule has 3 rings (SSSR count). The van der Waals surface area contributed by atoms with Crippen LogP contribution in [0.2, 0.25) is 5.02 Å². The van der Waals surface area contributed by atoms with E-state index in [-0.39, 0.29) is 5.60 Å². The van der Waals surface area contributed by atoms with Crippen LogP contribution in [0.15, 0.2) is 18.2 Å². The number of benzene rings is 1. The van der Waals surface area contributed by atoms with Crippen LogP contribution in [-0.4, -0.2) is 38.5 Å². The summed E-state index contributed by atoms with van der Waals surface area (Å²) in [6.45, 7) is 3.77. The SMILES string of the molecule is N#Cc1ccc(N2CCOC3(CCOC3)C2)cc1Cl. The summed E-state index contributed by atoms with van der Waals surface area (Å²) in [7, 11) is 0. The summed E-state index contributed by atoms with van der Waals surface area (Å²) in [6.07, 6.45) is 0.938. The molecule has 2 aliphatic rings. The fourth-order valence-corrected chi connectivity index (χ4v) is 2.90. The number of hydrogen-bond acceptors (Lipinski definition) is 4. The molecule has 0 bridgehead atoms. The van der Waals surface area contributed by atoms with Crippen LogP contribution >= 0.6 is 11.6 Å². The number of halogens is 1. The van der Waals surface area contributed by atoms with Gasteiger partial charge in [0.2, 0.25) is 0 Å². The first-order valence-corrected chi connectivity index (χ1v) is 6.77. The highest BCUT2D eigenvalue weighted by molar-refractivity contribution is 6.32. The number of ether oxygens (including phenoxy) is 2. The topological polar surface area (TPSA) is 45.5 Å². The molecule has 0 saturated carbocycles. The maximum absolute atomic E-state index is 8.90. The van der Waals surface area contributed by atoms with E-state index in [0.29, 0.717) is 23.8 Å². The Morgan fingerprint density at radius 3 is 2.95 bits per heavy atom. The molecular formula is C14H15ClN2O2. The zero-order valence-electron chi connectivity index (χ0n) is 10.6. The molecule has 2 heterocycles. The molecule has 2 saturated heterocycles. The molecule has 1 unspecified atom stereocenters. The predicted molar refractivity (Wildman–Crippen MR) is 72.5 cm³/mol. The van der Waals surface area contributed by atoms with Crippen molar-refractivity contribution in [2.75, 3.05) is 37.8 Å². The average Bonchev–Trinajstić information content (AvgIpc) is 2.86. The van der Waals surface area contributed by atoms with Crippen molar-refractivity contribution in [1.82, 2.24) is 0 Å². The van der Waals surface area contributed by atoms with Crippen molar-refractivity contribution >= 4 is 17.3 Å². The Balaban J connectivity index is 1.82. The van der Waals surface area contributed by atoms with E-state index in [4.69, 9.17) is 26.3 Å². The maximum atomic E-state index is 8.90. The Labute approximate surface area is 117 Å². The lowest BCUT2D eigenvalue weighted by molar-refractivity contribution is -0.0579. The van der Waals surface area contributed by atoms with Gasteiger partial charge in [0, 0.05) is 31.8 Å². The van der Waals surface area contributed by atoms with Crippen LogP contribution in [0.3, 0.4) is 0 Å². The summed E-state index contributed by atoms with van der Waals surface area (Å²) in [5, 5.41) is 9.41. The standard InChI is InChI=1S/C14H15ClN2O2/c15-13-7-12(2-1-11(13)8-16)17-4-6-19-14(9-17)3-5-18-10-14/h1-2,7H,3-6,9-10H2. The van der Waals surface area contributed by atoms with Gasteiger partial charge in [-0.1, -0.05) is 11.6 Å². The fraction of sp³-hybridized carbons (Fsp3) is 0.500. The quantitative estimate of drug-likeness (QED) is 0.790. The van der Waals surface area contributed by atoms with Gasteiger partial charge in [0.05, 0.1) is 23.8 Å². The average molecular weight is 279 g/mol. The van der Waals surface area contributed by atoms with Crippen molar-refractivity contribution in [3.05, 3.63) is 28.8 Å². The lowest BCUT2D eigenvalue weighted by atomic mass is 10.0. The van der Waals surface area contributed by atoms with Gasteiger partial charge < -0.3 is 14.4 Å². The highest BCUT2D eigenvalue weighted by Crippen LogP contribution is 2.31. The molecule has 5 heteroatoms. The zero-order valence-corrected chi connectivity index (χ0v) is 11.3.